The molecule has 0 saturated carbocycles. The van der Waals surface area contributed by atoms with Gasteiger partial charge in [-0.3, -0.25) is 0 Å². The average molecular weight is 252 g/mol. The van der Waals surface area contributed by atoms with Gasteiger partial charge in [-0.1, -0.05) is 42.5 Å². The van der Waals surface area contributed by atoms with E-state index in [1.807, 2.05) is 0 Å². The van der Waals surface area contributed by atoms with Gasteiger partial charge >= 0.3 is 0 Å². The third-order valence-corrected chi connectivity index (χ3v) is 4.01. The van der Waals surface area contributed by atoms with E-state index in [9.17, 15) is 0 Å². The van der Waals surface area contributed by atoms with Crippen LogP contribution < -0.4 is 10.6 Å². The standard InChI is InChI=1S/C17H20N2/c1-13-6-2-3-7-14(13)12-19-11-10-16(18)15-8-4-5-9-17(15)19/h2-9,16H,10-12,18H2,1H3. The summed E-state index contributed by atoms with van der Waals surface area (Å²) in [5.74, 6) is 0. The van der Waals surface area contributed by atoms with E-state index in [4.69, 9.17) is 5.73 Å². The zero-order chi connectivity index (χ0) is 13.2. The van der Waals surface area contributed by atoms with Gasteiger partial charge in [-0.25, -0.2) is 0 Å². The van der Waals surface area contributed by atoms with Gasteiger partial charge in [-0.05, 0) is 36.1 Å². The molecule has 2 heteroatoms. The molecule has 0 aromatic heterocycles. The molecule has 0 fully saturated rings. The summed E-state index contributed by atoms with van der Waals surface area (Å²) >= 11 is 0. The van der Waals surface area contributed by atoms with Gasteiger partial charge in [0.2, 0.25) is 0 Å². The minimum atomic E-state index is 0.185. The molecule has 1 heterocycles. The highest BCUT2D eigenvalue weighted by molar-refractivity contribution is 5.57. The lowest BCUT2D eigenvalue weighted by atomic mass is 9.96. The Morgan fingerprint density at radius 3 is 2.68 bits per heavy atom. The van der Waals surface area contributed by atoms with E-state index in [0.717, 1.165) is 19.5 Å². The molecule has 98 valence electrons. The summed E-state index contributed by atoms with van der Waals surface area (Å²) in [4.78, 5) is 2.45. The number of hydrogen-bond acceptors (Lipinski definition) is 2. The van der Waals surface area contributed by atoms with Crippen LogP contribution in [0.25, 0.3) is 0 Å². The topological polar surface area (TPSA) is 29.3 Å². The Hall–Kier alpha value is -1.80. The molecule has 0 saturated heterocycles. The van der Waals surface area contributed by atoms with Gasteiger partial charge in [0.15, 0.2) is 0 Å². The third-order valence-electron chi connectivity index (χ3n) is 4.01. The number of rotatable bonds is 2. The van der Waals surface area contributed by atoms with Crippen molar-refractivity contribution in [2.45, 2.75) is 25.9 Å². The Balaban J connectivity index is 1.91. The Labute approximate surface area is 114 Å². The maximum Gasteiger partial charge on any atom is 0.0432 e. The first kappa shape index (κ1) is 12.2. The van der Waals surface area contributed by atoms with Gasteiger partial charge in [-0.2, -0.15) is 0 Å². The summed E-state index contributed by atoms with van der Waals surface area (Å²) in [5.41, 5.74) is 11.5. The maximum atomic E-state index is 6.21. The van der Waals surface area contributed by atoms with E-state index in [1.54, 1.807) is 0 Å². The van der Waals surface area contributed by atoms with Crippen LogP contribution in [0.2, 0.25) is 0 Å². The number of anilines is 1. The van der Waals surface area contributed by atoms with Gasteiger partial charge < -0.3 is 10.6 Å². The number of nitrogens with two attached hydrogens (primary N) is 1. The van der Waals surface area contributed by atoms with Crippen molar-refractivity contribution in [2.75, 3.05) is 11.4 Å². The lowest BCUT2D eigenvalue weighted by Crippen LogP contribution is -2.33. The zero-order valence-electron chi connectivity index (χ0n) is 11.3. The lowest BCUT2D eigenvalue weighted by molar-refractivity contribution is 0.590. The SMILES string of the molecule is Cc1ccccc1CN1CCC(N)c2ccccc21. The number of hydrogen-bond donors (Lipinski definition) is 1. The van der Waals surface area contributed by atoms with E-state index in [2.05, 4.69) is 60.4 Å². The van der Waals surface area contributed by atoms with Crippen LogP contribution in [-0.2, 0) is 6.54 Å². The predicted molar refractivity (Wildman–Crippen MR) is 80.2 cm³/mol. The highest BCUT2D eigenvalue weighted by Gasteiger charge is 2.22. The predicted octanol–water partition coefficient (Wildman–Crippen LogP) is 3.41. The molecule has 2 aromatic carbocycles. The molecule has 0 aliphatic carbocycles. The smallest absolute Gasteiger partial charge is 0.0432 e. The van der Waals surface area contributed by atoms with Crippen molar-refractivity contribution in [3.05, 3.63) is 65.2 Å². The van der Waals surface area contributed by atoms with Crippen LogP contribution in [0.15, 0.2) is 48.5 Å². The molecule has 0 radical (unpaired) electrons. The first-order chi connectivity index (χ1) is 9.25. The van der Waals surface area contributed by atoms with Crippen molar-refractivity contribution in [2.24, 2.45) is 5.73 Å². The molecular weight excluding hydrogens is 232 g/mol. The molecule has 2 nitrogen and oxygen atoms in total. The first-order valence-corrected chi connectivity index (χ1v) is 6.89. The van der Waals surface area contributed by atoms with Gasteiger partial charge in [0.1, 0.15) is 0 Å². The number of para-hydroxylation sites is 1. The Morgan fingerprint density at radius 2 is 1.84 bits per heavy atom. The molecule has 0 spiro atoms. The van der Waals surface area contributed by atoms with Crippen molar-refractivity contribution in [1.29, 1.82) is 0 Å². The van der Waals surface area contributed by atoms with E-state index in [0.29, 0.717) is 0 Å². The highest BCUT2D eigenvalue weighted by atomic mass is 15.1. The number of aryl methyl sites for hydroxylation is 1. The van der Waals surface area contributed by atoms with Crippen molar-refractivity contribution in [3.63, 3.8) is 0 Å². The minimum absolute atomic E-state index is 0.185. The summed E-state index contributed by atoms with van der Waals surface area (Å²) in [6.45, 7) is 4.18. The molecule has 1 atom stereocenters. The fourth-order valence-electron chi connectivity index (χ4n) is 2.82. The second-order valence-electron chi connectivity index (χ2n) is 5.30. The summed E-state index contributed by atoms with van der Waals surface area (Å²) in [6.07, 6.45) is 1.03. The molecule has 3 rings (SSSR count). The molecule has 0 bridgehead atoms. The van der Waals surface area contributed by atoms with Crippen molar-refractivity contribution in [3.8, 4) is 0 Å². The number of fused-ring (bicyclic) bond motifs is 1. The normalized spacial score (nSPS) is 18.2. The van der Waals surface area contributed by atoms with E-state index in [-0.39, 0.29) is 6.04 Å². The Kier molecular flexibility index (Phi) is 3.26. The lowest BCUT2D eigenvalue weighted by Gasteiger charge is -2.34. The Morgan fingerprint density at radius 1 is 1.11 bits per heavy atom. The fraction of sp³-hybridized carbons (Fsp3) is 0.294. The van der Waals surface area contributed by atoms with E-state index < -0.39 is 0 Å². The second kappa shape index (κ2) is 5.06. The largest absolute Gasteiger partial charge is 0.367 e. The van der Waals surface area contributed by atoms with Crippen LogP contribution in [0, 0.1) is 6.92 Å². The van der Waals surface area contributed by atoms with Crippen LogP contribution in [0.3, 0.4) is 0 Å². The van der Waals surface area contributed by atoms with E-state index in [1.165, 1.54) is 22.4 Å². The van der Waals surface area contributed by atoms with Gasteiger partial charge in [0, 0.05) is 24.8 Å². The monoisotopic (exact) mass is 252 g/mol. The molecular formula is C17H20N2. The molecule has 19 heavy (non-hydrogen) atoms. The van der Waals surface area contributed by atoms with Gasteiger partial charge in [0.05, 0.1) is 0 Å². The van der Waals surface area contributed by atoms with Crippen molar-refractivity contribution < 1.29 is 0 Å². The molecule has 2 aromatic rings. The molecule has 1 aliphatic rings. The summed E-state index contributed by atoms with van der Waals surface area (Å²) in [7, 11) is 0. The third kappa shape index (κ3) is 2.36. The summed E-state index contributed by atoms with van der Waals surface area (Å²) < 4.78 is 0. The summed E-state index contributed by atoms with van der Waals surface area (Å²) in [5, 5.41) is 0. The van der Waals surface area contributed by atoms with Crippen LogP contribution in [0.5, 0.6) is 0 Å². The summed E-state index contributed by atoms with van der Waals surface area (Å²) in [6, 6.07) is 17.3. The average Bonchev–Trinajstić information content (AvgIpc) is 2.44. The van der Waals surface area contributed by atoms with Crippen molar-refractivity contribution >= 4 is 5.69 Å². The fourth-order valence-corrected chi connectivity index (χ4v) is 2.82. The second-order valence-corrected chi connectivity index (χ2v) is 5.30. The van der Waals surface area contributed by atoms with Crippen molar-refractivity contribution in [1.82, 2.24) is 0 Å². The molecule has 2 N–H and O–H groups in total. The van der Waals surface area contributed by atoms with Gasteiger partial charge in [-0.15, -0.1) is 0 Å². The molecule has 1 aliphatic heterocycles. The highest BCUT2D eigenvalue weighted by Crippen LogP contribution is 2.33. The Bertz CT molecular complexity index is 577. The number of benzene rings is 2. The molecule has 1 unspecified atom stereocenters. The minimum Gasteiger partial charge on any atom is -0.367 e. The van der Waals surface area contributed by atoms with Gasteiger partial charge in [0.25, 0.3) is 0 Å². The van der Waals surface area contributed by atoms with Crippen LogP contribution in [-0.4, -0.2) is 6.54 Å². The quantitative estimate of drug-likeness (QED) is 0.887. The number of nitrogens with zero attached hydrogens (tertiary/aromatic N) is 1. The first-order valence-electron chi connectivity index (χ1n) is 6.89. The van der Waals surface area contributed by atoms with Crippen LogP contribution in [0.1, 0.15) is 29.2 Å². The van der Waals surface area contributed by atoms with Crippen LogP contribution >= 0.6 is 0 Å². The maximum absolute atomic E-state index is 6.21. The zero-order valence-corrected chi connectivity index (χ0v) is 11.3. The van der Waals surface area contributed by atoms with Crippen LogP contribution in [0.4, 0.5) is 5.69 Å². The molecule has 0 amide bonds. The van der Waals surface area contributed by atoms with E-state index >= 15 is 0 Å².